The second kappa shape index (κ2) is 7.64. The van der Waals surface area contributed by atoms with Crippen LogP contribution in [0.1, 0.15) is 36.5 Å². The van der Waals surface area contributed by atoms with E-state index in [0.717, 1.165) is 16.9 Å². The first-order valence-corrected chi connectivity index (χ1v) is 7.60. The van der Waals surface area contributed by atoms with E-state index < -0.39 is 0 Å². The van der Waals surface area contributed by atoms with E-state index in [0.29, 0.717) is 12.5 Å². The number of ether oxygens (including phenoxy) is 1. The highest BCUT2D eigenvalue weighted by atomic mass is 16.5. The predicted octanol–water partition coefficient (Wildman–Crippen LogP) is 3.81. The molecule has 0 bridgehead atoms. The lowest BCUT2D eigenvalue weighted by molar-refractivity contribution is -0.123. The van der Waals surface area contributed by atoms with Crippen molar-refractivity contribution < 1.29 is 9.53 Å². The fraction of sp³-hybridized carbons (Fsp3) is 0.316. The van der Waals surface area contributed by atoms with E-state index in [1.807, 2.05) is 49.4 Å². The third-order valence-electron chi connectivity index (χ3n) is 3.47. The minimum atomic E-state index is -0.111. The zero-order valence-corrected chi connectivity index (χ0v) is 13.4. The number of rotatable bonds is 6. The molecule has 0 radical (unpaired) electrons. The number of amides is 1. The molecular formula is C19H23NO2. The number of aryl methyl sites for hydroxylation is 1. The van der Waals surface area contributed by atoms with Crippen LogP contribution in [-0.2, 0) is 11.3 Å². The molecule has 0 saturated heterocycles. The first-order chi connectivity index (χ1) is 10.6. The molecule has 0 aromatic heterocycles. The highest BCUT2D eigenvalue weighted by molar-refractivity contribution is 5.77. The molecule has 0 aliphatic heterocycles. The number of benzene rings is 2. The van der Waals surface area contributed by atoms with Crippen LogP contribution >= 0.6 is 0 Å². The van der Waals surface area contributed by atoms with Gasteiger partial charge in [-0.1, -0.05) is 61.9 Å². The van der Waals surface area contributed by atoms with Gasteiger partial charge in [-0.3, -0.25) is 4.79 Å². The Morgan fingerprint density at radius 3 is 2.64 bits per heavy atom. The number of carbonyl (C=O) groups excluding carboxylic acids is 1. The molecule has 22 heavy (non-hydrogen) atoms. The van der Waals surface area contributed by atoms with Crippen LogP contribution < -0.4 is 10.1 Å². The summed E-state index contributed by atoms with van der Waals surface area (Å²) in [6.07, 6.45) is 0. The fourth-order valence-corrected chi connectivity index (χ4v) is 2.31. The van der Waals surface area contributed by atoms with E-state index in [1.54, 1.807) is 0 Å². The summed E-state index contributed by atoms with van der Waals surface area (Å²) in [7, 11) is 0. The van der Waals surface area contributed by atoms with E-state index in [2.05, 4.69) is 25.2 Å². The lowest BCUT2D eigenvalue weighted by Gasteiger charge is -2.13. The minimum Gasteiger partial charge on any atom is -0.483 e. The van der Waals surface area contributed by atoms with Crippen molar-refractivity contribution in [3.8, 4) is 5.75 Å². The average Bonchev–Trinajstić information content (AvgIpc) is 2.51. The van der Waals surface area contributed by atoms with Gasteiger partial charge in [-0.15, -0.1) is 0 Å². The third kappa shape index (κ3) is 4.62. The van der Waals surface area contributed by atoms with Crippen LogP contribution in [-0.4, -0.2) is 12.5 Å². The summed E-state index contributed by atoms with van der Waals surface area (Å²) in [6, 6.07) is 15.9. The summed E-state index contributed by atoms with van der Waals surface area (Å²) in [5.41, 5.74) is 3.40. The zero-order valence-electron chi connectivity index (χ0n) is 13.4. The van der Waals surface area contributed by atoms with Crippen LogP contribution in [0.25, 0.3) is 0 Å². The molecule has 116 valence electrons. The molecule has 0 atom stereocenters. The Balaban J connectivity index is 1.86. The van der Waals surface area contributed by atoms with E-state index >= 15 is 0 Å². The quantitative estimate of drug-likeness (QED) is 0.880. The van der Waals surface area contributed by atoms with E-state index in [9.17, 15) is 4.79 Å². The Labute approximate surface area is 132 Å². The first kappa shape index (κ1) is 16.1. The van der Waals surface area contributed by atoms with Crippen LogP contribution in [0, 0.1) is 6.92 Å². The summed E-state index contributed by atoms with van der Waals surface area (Å²) >= 11 is 0. The molecule has 1 amide bonds. The molecule has 1 N–H and O–H groups in total. The second-order valence-electron chi connectivity index (χ2n) is 5.75. The van der Waals surface area contributed by atoms with Crippen LogP contribution in [0.5, 0.6) is 5.75 Å². The fourth-order valence-electron chi connectivity index (χ4n) is 2.31. The zero-order chi connectivity index (χ0) is 15.9. The van der Waals surface area contributed by atoms with Gasteiger partial charge >= 0.3 is 0 Å². The van der Waals surface area contributed by atoms with Crippen LogP contribution in [0.15, 0.2) is 48.5 Å². The molecular weight excluding hydrogens is 274 g/mol. The lowest BCUT2D eigenvalue weighted by atomic mass is 10.0. The van der Waals surface area contributed by atoms with Gasteiger partial charge in [-0.25, -0.2) is 0 Å². The number of nitrogens with one attached hydrogen (secondary N) is 1. The Kier molecular flexibility index (Phi) is 5.59. The second-order valence-corrected chi connectivity index (χ2v) is 5.75. The summed E-state index contributed by atoms with van der Waals surface area (Å²) in [6.45, 7) is 6.82. The molecule has 2 rings (SSSR count). The molecule has 0 aliphatic rings. The molecule has 3 heteroatoms. The molecule has 0 saturated carbocycles. The molecule has 3 nitrogen and oxygen atoms in total. The first-order valence-electron chi connectivity index (χ1n) is 7.60. The lowest BCUT2D eigenvalue weighted by Crippen LogP contribution is -2.28. The Morgan fingerprint density at radius 1 is 1.14 bits per heavy atom. The van der Waals surface area contributed by atoms with Gasteiger partial charge in [0.2, 0.25) is 0 Å². The van der Waals surface area contributed by atoms with Crippen molar-refractivity contribution in [3.63, 3.8) is 0 Å². The smallest absolute Gasteiger partial charge is 0.258 e. The number of hydrogen-bond acceptors (Lipinski definition) is 2. The van der Waals surface area contributed by atoms with Gasteiger partial charge in [0.05, 0.1) is 0 Å². The maximum atomic E-state index is 11.9. The Morgan fingerprint density at radius 2 is 1.91 bits per heavy atom. The molecule has 2 aromatic rings. The topological polar surface area (TPSA) is 38.3 Å². The average molecular weight is 297 g/mol. The molecule has 0 spiro atoms. The van der Waals surface area contributed by atoms with Gasteiger partial charge in [0.25, 0.3) is 5.91 Å². The SMILES string of the molecule is Cc1cccc(CNC(=O)COc2ccccc2C(C)C)c1. The highest BCUT2D eigenvalue weighted by Crippen LogP contribution is 2.25. The van der Waals surface area contributed by atoms with Crippen molar-refractivity contribution in [2.75, 3.05) is 6.61 Å². The number of carbonyl (C=O) groups is 1. The molecule has 2 aromatic carbocycles. The largest absolute Gasteiger partial charge is 0.483 e. The Hall–Kier alpha value is -2.29. The van der Waals surface area contributed by atoms with Gasteiger partial charge in [-0.2, -0.15) is 0 Å². The summed E-state index contributed by atoms with van der Waals surface area (Å²) in [5.74, 6) is 1.04. The van der Waals surface area contributed by atoms with Crippen molar-refractivity contribution in [3.05, 3.63) is 65.2 Å². The van der Waals surface area contributed by atoms with Crippen LogP contribution in [0.4, 0.5) is 0 Å². The minimum absolute atomic E-state index is 0.0373. The van der Waals surface area contributed by atoms with Gasteiger partial charge in [0.15, 0.2) is 6.61 Å². The van der Waals surface area contributed by atoms with E-state index in [1.165, 1.54) is 5.56 Å². The maximum Gasteiger partial charge on any atom is 0.258 e. The number of hydrogen-bond donors (Lipinski definition) is 1. The monoisotopic (exact) mass is 297 g/mol. The van der Waals surface area contributed by atoms with E-state index in [-0.39, 0.29) is 12.5 Å². The van der Waals surface area contributed by atoms with Crippen molar-refractivity contribution in [1.29, 1.82) is 0 Å². The van der Waals surface area contributed by atoms with E-state index in [4.69, 9.17) is 4.74 Å². The van der Waals surface area contributed by atoms with Gasteiger partial charge < -0.3 is 10.1 Å². The van der Waals surface area contributed by atoms with Gasteiger partial charge in [0, 0.05) is 6.54 Å². The Bertz CT molecular complexity index is 635. The van der Waals surface area contributed by atoms with Gasteiger partial charge in [0.1, 0.15) is 5.75 Å². The number of para-hydroxylation sites is 1. The van der Waals surface area contributed by atoms with Crippen LogP contribution in [0.3, 0.4) is 0 Å². The summed E-state index contributed by atoms with van der Waals surface area (Å²) < 4.78 is 5.66. The predicted molar refractivity (Wildman–Crippen MR) is 89.1 cm³/mol. The van der Waals surface area contributed by atoms with Crippen molar-refractivity contribution in [2.24, 2.45) is 0 Å². The molecule has 0 unspecified atom stereocenters. The summed E-state index contributed by atoms with van der Waals surface area (Å²) in [4.78, 5) is 11.9. The maximum absolute atomic E-state index is 11.9. The van der Waals surface area contributed by atoms with Gasteiger partial charge in [-0.05, 0) is 30.0 Å². The van der Waals surface area contributed by atoms with Crippen LogP contribution in [0.2, 0.25) is 0 Å². The molecule has 0 fully saturated rings. The van der Waals surface area contributed by atoms with Crippen molar-refractivity contribution in [1.82, 2.24) is 5.32 Å². The normalized spacial score (nSPS) is 10.5. The third-order valence-corrected chi connectivity index (χ3v) is 3.47. The van der Waals surface area contributed by atoms with Crippen molar-refractivity contribution in [2.45, 2.75) is 33.2 Å². The molecule has 0 heterocycles. The van der Waals surface area contributed by atoms with Crippen molar-refractivity contribution >= 4 is 5.91 Å². The molecule has 0 aliphatic carbocycles. The summed E-state index contributed by atoms with van der Waals surface area (Å²) in [5, 5.41) is 2.88. The standard InChI is InChI=1S/C19H23NO2/c1-14(2)17-9-4-5-10-18(17)22-13-19(21)20-12-16-8-6-7-15(3)11-16/h4-11,14H,12-13H2,1-3H3,(H,20,21). The highest BCUT2D eigenvalue weighted by Gasteiger charge is 2.09.